The second-order valence-corrected chi connectivity index (χ2v) is 10.2. The molecule has 198 valence electrons. The van der Waals surface area contributed by atoms with E-state index in [1.807, 2.05) is 24.3 Å². The van der Waals surface area contributed by atoms with E-state index in [-0.39, 0.29) is 25.0 Å². The number of anilines is 1. The van der Waals surface area contributed by atoms with Crippen LogP contribution in [0.3, 0.4) is 0 Å². The number of aliphatic hydroxyl groups excluding tert-OH is 1. The lowest BCUT2D eigenvalue weighted by atomic mass is 9.75. The Morgan fingerprint density at radius 3 is 2.49 bits per heavy atom. The average molecular weight is 511 g/mol. The van der Waals surface area contributed by atoms with Crippen LogP contribution in [0.15, 0.2) is 48.6 Å². The fourth-order valence-corrected chi connectivity index (χ4v) is 6.34. The molecule has 9 nitrogen and oxygen atoms in total. The van der Waals surface area contributed by atoms with Gasteiger partial charge in [-0.3, -0.25) is 14.4 Å². The lowest BCUT2D eigenvalue weighted by Gasteiger charge is -2.37. The quantitative estimate of drug-likeness (QED) is 0.325. The van der Waals surface area contributed by atoms with Crippen molar-refractivity contribution in [1.82, 2.24) is 4.90 Å². The molecular weight excluding hydrogens is 476 g/mol. The van der Waals surface area contributed by atoms with Crippen molar-refractivity contribution in [3.63, 3.8) is 0 Å². The molecule has 1 aromatic rings. The molecule has 0 saturated carbocycles. The van der Waals surface area contributed by atoms with E-state index < -0.39 is 35.0 Å². The van der Waals surface area contributed by atoms with Gasteiger partial charge in [0.2, 0.25) is 5.91 Å². The third-order valence-electron chi connectivity index (χ3n) is 8.00. The first-order valence-electron chi connectivity index (χ1n) is 13.0. The second kappa shape index (κ2) is 9.95. The van der Waals surface area contributed by atoms with Gasteiger partial charge in [-0.15, -0.1) is 0 Å². The molecule has 1 aromatic carbocycles. The smallest absolute Gasteiger partial charge is 0.313 e. The fourth-order valence-electron chi connectivity index (χ4n) is 6.34. The Hall–Kier alpha value is -3.17. The number of benzene rings is 1. The largest absolute Gasteiger partial charge is 0.497 e. The number of carbonyl (C=O) groups excluding carboxylic acids is 3. The topological polar surface area (TPSA) is 106 Å². The number of hydrogen-bond donors (Lipinski definition) is 1. The molecule has 4 aliphatic rings. The number of methoxy groups -OCH3 is 1. The first kappa shape index (κ1) is 25.5. The van der Waals surface area contributed by atoms with Crippen molar-refractivity contribution >= 4 is 23.5 Å². The van der Waals surface area contributed by atoms with Crippen LogP contribution in [0.1, 0.15) is 32.6 Å². The summed E-state index contributed by atoms with van der Waals surface area (Å²) in [5, 5.41) is 9.10. The van der Waals surface area contributed by atoms with E-state index in [2.05, 4.69) is 0 Å². The van der Waals surface area contributed by atoms with Crippen LogP contribution >= 0.6 is 0 Å². The van der Waals surface area contributed by atoms with E-state index in [1.54, 1.807) is 48.1 Å². The number of hydrogen-bond acceptors (Lipinski definition) is 7. The van der Waals surface area contributed by atoms with Crippen LogP contribution in [0.2, 0.25) is 0 Å². The number of esters is 1. The number of unbranched alkanes of at least 4 members (excludes halogenated alkanes) is 3. The molecule has 2 amide bonds. The Balaban J connectivity index is 1.54. The minimum absolute atomic E-state index is 0.125. The molecule has 0 aliphatic carbocycles. The molecule has 37 heavy (non-hydrogen) atoms. The van der Waals surface area contributed by atoms with Crippen LogP contribution in [0, 0.1) is 11.8 Å². The summed E-state index contributed by atoms with van der Waals surface area (Å²) in [6.07, 6.45) is 10.2. The van der Waals surface area contributed by atoms with E-state index in [0.717, 1.165) is 12.8 Å². The maximum absolute atomic E-state index is 14.3. The van der Waals surface area contributed by atoms with Gasteiger partial charge >= 0.3 is 5.97 Å². The van der Waals surface area contributed by atoms with E-state index in [0.29, 0.717) is 37.4 Å². The summed E-state index contributed by atoms with van der Waals surface area (Å²) < 4.78 is 17.4. The second-order valence-electron chi connectivity index (χ2n) is 10.2. The molecule has 1 N–H and O–H groups in total. The van der Waals surface area contributed by atoms with Crippen molar-refractivity contribution in [3.8, 4) is 5.75 Å². The maximum Gasteiger partial charge on any atom is 0.313 e. The average Bonchev–Trinajstić information content (AvgIpc) is 3.14. The minimum Gasteiger partial charge on any atom is -0.497 e. The van der Waals surface area contributed by atoms with E-state index >= 15 is 0 Å². The van der Waals surface area contributed by atoms with E-state index in [4.69, 9.17) is 19.3 Å². The number of rotatable bonds is 8. The Morgan fingerprint density at radius 1 is 1.00 bits per heavy atom. The number of likely N-dealkylation sites (tertiary alicyclic amines) is 1. The van der Waals surface area contributed by atoms with Crippen LogP contribution in [-0.2, 0) is 23.9 Å². The van der Waals surface area contributed by atoms with Gasteiger partial charge in [0.25, 0.3) is 5.91 Å². The summed E-state index contributed by atoms with van der Waals surface area (Å²) in [7, 11) is 1.58. The van der Waals surface area contributed by atoms with Gasteiger partial charge in [-0.25, -0.2) is 0 Å². The number of ether oxygens (including phenoxy) is 3. The van der Waals surface area contributed by atoms with Gasteiger partial charge < -0.3 is 29.1 Å². The lowest BCUT2D eigenvalue weighted by molar-refractivity contribution is -0.156. The Labute approximate surface area is 216 Å². The van der Waals surface area contributed by atoms with Crippen molar-refractivity contribution in [2.75, 3.05) is 38.3 Å². The zero-order valence-electron chi connectivity index (χ0n) is 21.3. The molecule has 2 saturated heterocycles. The van der Waals surface area contributed by atoms with Gasteiger partial charge in [-0.2, -0.15) is 0 Å². The molecule has 1 spiro atoms. The van der Waals surface area contributed by atoms with Gasteiger partial charge in [-0.05, 0) is 50.1 Å². The highest BCUT2D eigenvalue weighted by Crippen LogP contribution is 2.57. The summed E-state index contributed by atoms with van der Waals surface area (Å²) in [5.74, 6) is -2.04. The molecule has 0 aromatic heterocycles. The summed E-state index contributed by atoms with van der Waals surface area (Å²) in [6, 6.07) is 6.29. The highest BCUT2D eigenvalue weighted by atomic mass is 16.6. The van der Waals surface area contributed by atoms with E-state index in [9.17, 15) is 14.4 Å². The highest BCUT2D eigenvalue weighted by molar-refractivity contribution is 6.05. The third kappa shape index (κ3) is 4.14. The van der Waals surface area contributed by atoms with E-state index in [1.165, 1.54) is 0 Å². The summed E-state index contributed by atoms with van der Waals surface area (Å²) in [4.78, 5) is 44.8. The minimum atomic E-state index is -1.29. The van der Waals surface area contributed by atoms with Crippen molar-refractivity contribution in [1.29, 1.82) is 0 Å². The molecule has 1 unspecified atom stereocenters. The monoisotopic (exact) mass is 510 g/mol. The normalized spacial score (nSPS) is 32.5. The van der Waals surface area contributed by atoms with Gasteiger partial charge in [-0.1, -0.05) is 31.1 Å². The molecule has 0 radical (unpaired) electrons. The number of nitrogens with zero attached hydrogens (tertiary/aromatic N) is 2. The molecular formula is C28H34N2O7. The predicted octanol–water partition coefficient (Wildman–Crippen LogP) is 2.23. The number of amides is 2. The summed E-state index contributed by atoms with van der Waals surface area (Å²) in [5.41, 5.74) is -1.68. The van der Waals surface area contributed by atoms with Crippen molar-refractivity contribution in [2.45, 2.75) is 49.9 Å². The molecule has 9 heteroatoms. The standard InChI is InChI=1S/C28H34N2O7/c1-27-13-8-18-36-26(34)22(27)21-24(32)30(15-5-3-4-6-17-31)23-25(33)29(16-7-14-28(21,23)37-27)19-9-11-20(35-2)12-10-19/h7-14,21-23,31H,3-6,15-18H2,1-2H3/t21-,22-,23?,27+,28-/m0/s1. The first-order chi connectivity index (χ1) is 17.9. The Bertz CT molecular complexity index is 1120. The zero-order valence-corrected chi connectivity index (χ0v) is 21.3. The van der Waals surface area contributed by atoms with Crippen molar-refractivity contribution in [2.24, 2.45) is 11.8 Å². The number of carbonyl (C=O) groups is 3. The lowest BCUT2D eigenvalue weighted by Crippen LogP contribution is -2.56. The molecule has 4 heterocycles. The molecule has 4 aliphatic heterocycles. The fraction of sp³-hybridized carbons (Fsp3) is 0.536. The van der Waals surface area contributed by atoms with Crippen LogP contribution < -0.4 is 9.64 Å². The van der Waals surface area contributed by atoms with Crippen molar-refractivity contribution in [3.05, 3.63) is 48.6 Å². The van der Waals surface area contributed by atoms with Gasteiger partial charge in [0.05, 0.1) is 18.6 Å². The van der Waals surface area contributed by atoms with Crippen molar-refractivity contribution < 1.29 is 33.7 Å². The van der Waals surface area contributed by atoms with Gasteiger partial charge in [0.1, 0.15) is 29.9 Å². The summed E-state index contributed by atoms with van der Waals surface area (Å²) in [6.45, 7) is 2.71. The van der Waals surface area contributed by atoms with Crippen LogP contribution in [0.4, 0.5) is 5.69 Å². The number of fused-ring (bicyclic) bond motifs is 2. The van der Waals surface area contributed by atoms with Crippen LogP contribution in [0.25, 0.3) is 0 Å². The molecule has 5 rings (SSSR count). The first-order valence-corrected chi connectivity index (χ1v) is 13.0. The summed E-state index contributed by atoms with van der Waals surface area (Å²) >= 11 is 0. The van der Waals surface area contributed by atoms with Crippen LogP contribution in [-0.4, -0.2) is 78.4 Å². The third-order valence-corrected chi connectivity index (χ3v) is 8.00. The Kier molecular flexibility index (Phi) is 6.85. The highest BCUT2D eigenvalue weighted by Gasteiger charge is 2.74. The zero-order chi connectivity index (χ0) is 26.2. The van der Waals surface area contributed by atoms with Crippen LogP contribution in [0.5, 0.6) is 5.75 Å². The SMILES string of the molecule is COc1ccc(N2CC=C[C@]34O[C@]5(C)C=CCOC(=O)[C@@H]5[C@H]3C(=O)N(CCCCCCO)C4C2=O)cc1. The number of aliphatic hydroxyl groups is 1. The Morgan fingerprint density at radius 2 is 1.76 bits per heavy atom. The van der Waals surface area contributed by atoms with Gasteiger partial charge in [0.15, 0.2) is 0 Å². The molecule has 5 atom stereocenters. The molecule has 2 fully saturated rings. The predicted molar refractivity (Wildman–Crippen MR) is 135 cm³/mol. The number of cyclic esters (lactones) is 1. The van der Waals surface area contributed by atoms with Gasteiger partial charge in [0, 0.05) is 25.4 Å². The maximum atomic E-state index is 14.3. The molecule has 0 bridgehead atoms.